The normalized spacial score (nSPS) is 14.9. The molecule has 9 nitrogen and oxygen atoms in total. The molecule has 0 saturated carbocycles. The summed E-state index contributed by atoms with van der Waals surface area (Å²) >= 11 is 0. The van der Waals surface area contributed by atoms with Crippen molar-refractivity contribution in [2.75, 3.05) is 4.90 Å². The molecule has 1 aliphatic heterocycles. The number of hydrogen-bond acceptors (Lipinski definition) is 7. The molecule has 1 atom stereocenters. The lowest BCUT2D eigenvalue weighted by Crippen LogP contribution is -2.40. The van der Waals surface area contributed by atoms with Gasteiger partial charge >= 0.3 is 0 Å². The topological polar surface area (TPSA) is 101 Å². The van der Waals surface area contributed by atoms with Crippen molar-refractivity contribution < 1.29 is 0 Å². The fourth-order valence-electron chi connectivity index (χ4n) is 4.34. The van der Waals surface area contributed by atoms with Gasteiger partial charge in [0.05, 0.1) is 23.9 Å². The second-order valence-electron chi connectivity index (χ2n) is 8.05. The van der Waals surface area contributed by atoms with E-state index in [0.717, 1.165) is 41.0 Å². The second-order valence-corrected chi connectivity index (χ2v) is 8.05. The summed E-state index contributed by atoms with van der Waals surface area (Å²) in [6.45, 7) is 8.42. The van der Waals surface area contributed by atoms with E-state index >= 15 is 0 Å². The number of aryl methyl sites for hydroxylation is 1. The van der Waals surface area contributed by atoms with Crippen molar-refractivity contribution in [1.29, 1.82) is 5.26 Å². The van der Waals surface area contributed by atoms with Gasteiger partial charge in [-0.2, -0.15) is 10.2 Å². The monoisotopic (exact) mass is 425 g/mol. The number of hydrogen-bond donors (Lipinski definition) is 0. The highest BCUT2D eigenvalue weighted by Crippen LogP contribution is 2.40. The minimum atomic E-state index is 0.0761. The zero-order valence-electron chi connectivity index (χ0n) is 18.4. The molecule has 0 amide bonds. The van der Waals surface area contributed by atoms with Gasteiger partial charge < -0.3 is 4.90 Å². The Morgan fingerprint density at radius 3 is 2.59 bits per heavy atom. The van der Waals surface area contributed by atoms with Gasteiger partial charge in [-0.15, -0.1) is 10.2 Å². The molecule has 0 bridgehead atoms. The van der Waals surface area contributed by atoms with Crippen molar-refractivity contribution >= 4 is 5.82 Å². The molecular formula is C23H23N9. The fraction of sp³-hybridized carbons (Fsp3) is 0.304. The van der Waals surface area contributed by atoms with E-state index in [4.69, 9.17) is 10.2 Å². The van der Waals surface area contributed by atoms with Crippen molar-refractivity contribution in [2.45, 2.75) is 46.2 Å². The van der Waals surface area contributed by atoms with Crippen molar-refractivity contribution in [3.63, 3.8) is 0 Å². The van der Waals surface area contributed by atoms with E-state index in [1.54, 1.807) is 18.3 Å². The molecule has 160 valence electrons. The van der Waals surface area contributed by atoms with Gasteiger partial charge in [0.25, 0.3) is 0 Å². The third-order valence-electron chi connectivity index (χ3n) is 5.78. The van der Waals surface area contributed by atoms with Crippen molar-refractivity contribution in [2.24, 2.45) is 0 Å². The standard InChI is InChI=1S/C23H23N9/c1-5-18-22-29-28-15(4)32(22)19-13-26-23(27-21(19)31(18)14(2)3)30-11-10-25-20(30)17-8-6-16(12-24)7-9-17/h6-11,13-14,18H,5H2,1-4H3. The minimum absolute atomic E-state index is 0.0761. The highest BCUT2D eigenvalue weighted by molar-refractivity contribution is 5.64. The molecule has 0 saturated heterocycles. The lowest BCUT2D eigenvalue weighted by Gasteiger charge is -2.39. The summed E-state index contributed by atoms with van der Waals surface area (Å²) in [4.78, 5) is 16.5. The average Bonchev–Trinajstić information content (AvgIpc) is 3.45. The van der Waals surface area contributed by atoms with Crippen LogP contribution in [0.1, 0.15) is 50.4 Å². The summed E-state index contributed by atoms with van der Waals surface area (Å²) in [5.41, 5.74) is 2.37. The molecule has 3 aromatic heterocycles. The quantitative estimate of drug-likeness (QED) is 0.490. The molecule has 4 heterocycles. The number of anilines is 1. The highest BCUT2D eigenvalue weighted by Gasteiger charge is 2.36. The molecule has 0 N–H and O–H groups in total. The van der Waals surface area contributed by atoms with Crippen LogP contribution in [0.2, 0.25) is 0 Å². The zero-order valence-corrected chi connectivity index (χ0v) is 18.4. The Kier molecular flexibility index (Phi) is 4.70. The van der Waals surface area contributed by atoms with Gasteiger partial charge in [0, 0.05) is 24.0 Å². The predicted molar refractivity (Wildman–Crippen MR) is 120 cm³/mol. The van der Waals surface area contributed by atoms with E-state index in [2.05, 4.69) is 56.5 Å². The lowest BCUT2D eigenvalue weighted by molar-refractivity contribution is 0.496. The van der Waals surface area contributed by atoms with Crippen LogP contribution >= 0.6 is 0 Å². The molecule has 0 aliphatic carbocycles. The molecule has 1 unspecified atom stereocenters. The van der Waals surface area contributed by atoms with Gasteiger partial charge in [0.15, 0.2) is 11.6 Å². The number of benzene rings is 1. The Hall–Kier alpha value is -4.06. The van der Waals surface area contributed by atoms with Crippen LogP contribution in [-0.2, 0) is 0 Å². The number of rotatable bonds is 4. The number of nitrogens with zero attached hydrogens (tertiary/aromatic N) is 9. The van der Waals surface area contributed by atoms with Crippen LogP contribution in [0.4, 0.5) is 5.82 Å². The van der Waals surface area contributed by atoms with Crippen LogP contribution in [0.3, 0.4) is 0 Å². The summed E-state index contributed by atoms with van der Waals surface area (Å²) in [5, 5.41) is 17.9. The van der Waals surface area contributed by atoms with Crippen molar-refractivity contribution in [3.05, 3.63) is 60.1 Å². The van der Waals surface area contributed by atoms with Crippen LogP contribution in [0.15, 0.2) is 42.9 Å². The molecule has 32 heavy (non-hydrogen) atoms. The van der Waals surface area contributed by atoms with Gasteiger partial charge in [-0.05, 0) is 51.5 Å². The smallest absolute Gasteiger partial charge is 0.237 e. The first-order chi connectivity index (χ1) is 15.5. The van der Waals surface area contributed by atoms with E-state index in [1.165, 1.54) is 0 Å². The molecule has 4 aromatic rings. The van der Waals surface area contributed by atoms with Crippen LogP contribution < -0.4 is 4.90 Å². The molecule has 1 aliphatic rings. The highest BCUT2D eigenvalue weighted by atomic mass is 15.4. The molecular weight excluding hydrogens is 402 g/mol. The van der Waals surface area contributed by atoms with Gasteiger partial charge in [-0.3, -0.25) is 9.13 Å². The van der Waals surface area contributed by atoms with E-state index in [1.807, 2.05) is 36.0 Å². The summed E-state index contributed by atoms with van der Waals surface area (Å²) in [6, 6.07) is 9.77. The Bertz CT molecular complexity index is 1320. The maximum atomic E-state index is 9.08. The molecule has 1 aromatic carbocycles. The number of fused-ring (bicyclic) bond motifs is 3. The Morgan fingerprint density at radius 1 is 1.12 bits per heavy atom. The van der Waals surface area contributed by atoms with Crippen LogP contribution in [0.25, 0.3) is 23.0 Å². The van der Waals surface area contributed by atoms with Crippen LogP contribution in [-0.4, -0.2) is 40.3 Å². The third kappa shape index (κ3) is 2.95. The first kappa shape index (κ1) is 19.9. The van der Waals surface area contributed by atoms with Crippen LogP contribution in [0.5, 0.6) is 0 Å². The van der Waals surface area contributed by atoms with Gasteiger partial charge in [-0.25, -0.2) is 9.97 Å². The fourth-order valence-corrected chi connectivity index (χ4v) is 4.34. The average molecular weight is 426 g/mol. The number of nitriles is 1. The van der Waals surface area contributed by atoms with Crippen LogP contribution in [0, 0.1) is 18.3 Å². The van der Waals surface area contributed by atoms with E-state index in [-0.39, 0.29) is 12.1 Å². The van der Waals surface area contributed by atoms with Crippen molar-refractivity contribution in [3.8, 4) is 29.1 Å². The molecule has 0 fully saturated rings. The summed E-state index contributed by atoms with van der Waals surface area (Å²) in [6.07, 6.45) is 6.30. The first-order valence-electron chi connectivity index (χ1n) is 10.6. The largest absolute Gasteiger partial charge is 0.342 e. The lowest BCUT2D eigenvalue weighted by atomic mass is 10.1. The predicted octanol–water partition coefficient (Wildman–Crippen LogP) is 3.77. The first-order valence-corrected chi connectivity index (χ1v) is 10.6. The third-order valence-corrected chi connectivity index (χ3v) is 5.78. The summed E-state index contributed by atoms with van der Waals surface area (Å²) < 4.78 is 3.93. The Morgan fingerprint density at radius 2 is 1.91 bits per heavy atom. The van der Waals surface area contributed by atoms with E-state index in [9.17, 15) is 0 Å². The van der Waals surface area contributed by atoms with Gasteiger partial charge in [0.1, 0.15) is 17.3 Å². The maximum Gasteiger partial charge on any atom is 0.237 e. The molecule has 0 spiro atoms. The SMILES string of the molecule is CCC1c2nnc(C)n2-c2cnc(-n3ccnc3-c3ccc(C#N)cc3)nc2N1C(C)C. The summed E-state index contributed by atoms with van der Waals surface area (Å²) in [5.74, 6) is 3.85. The maximum absolute atomic E-state index is 9.08. The second kappa shape index (κ2) is 7.57. The number of imidazole rings is 1. The number of aromatic nitrogens is 7. The van der Waals surface area contributed by atoms with Gasteiger partial charge in [0.2, 0.25) is 5.95 Å². The summed E-state index contributed by atoms with van der Waals surface area (Å²) in [7, 11) is 0. The molecule has 5 rings (SSSR count). The molecule has 0 radical (unpaired) electrons. The van der Waals surface area contributed by atoms with E-state index < -0.39 is 0 Å². The minimum Gasteiger partial charge on any atom is -0.342 e. The van der Waals surface area contributed by atoms with Gasteiger partial charge in [-0.1, -0.05) is 6.92 Å². The van der Waals surface area contributed by atoms with E-state index in [0.29, 0.717) is 11.5 Å². The Balaban J connectivity index is 1.66. The Labute approximate surface area is 186 Å². The van der Waals surface area contributed by atoms with Crippen molar-refractivity contribution in [1.82, 2.24) is 34.3 Å². The molecule has 9 heteroatoms. The zero-order chi connectivity index (χ0) is 22.4.